The molecule has 0 radical (unpaired) electrons. The van der Waals surface area contributed by atoms with Crippen LogP contribution >= 0.6 is 12.4 Å². The summed E-state index contributed by atoms with van der Waals surface area (Å²) in [7, 11) is 0. The van der Waals surface area contributed by atoms with Gasteiger partial charge in [0.15, 0.2) is 0 Å². The number of hydrogen-bond acceptors (Lipinski definition) is 3. The van der Waals surface area contributed by atoms with Crippen LogP contribution in [-0.4, -0.2) is 42.7 Å². The molecule has 0 bridgehead atoms. The summed E-state index contributed by atoms with van der Waals surface area (Å²) in [6.07, 6.45) is 0. The zero-order valence-electron chi connectivity index (χ0n) is 7.60. The standard InChI is InChI=1S/C6H14N3.CH3.ClH.Ti/c1-2-8-5-6-9-4-3-7-1;;;/h7-8H,1-6H2;1H3;1H;/q-1;;;+1. The second-order valence-electron chi connectivity index (χ2n) is 2.71. The Morgan fingerprint density at radius 3 is 1.92 bits per heavy atom. The molecule has 0 saturated carbocycles. The van der Waals surface area contributed by atoms with E-state index in [1.807, 2.05) is 0 Å². The molecule has 5 heteroatoms. The van der Waals surface area contributed by atoms with Crippen LogP contribution < -0.4 is 10.6 Å². The molecule has 1 fully saturated rings. The minimum absolute atomic E-state index is 0. The summed E-state index contributed by atoms with van der Waals surface area (Å²) in [5, 5.41) is 9.16. The van der Waals surface area contributed by atoms with Crippen molar-refractivity contribution < 1.29 is 19.4 Å². The first kappa shape index (κ1) is 12.9. The Bertz CT molecular complexity index is 94.7. The van der Waals surface area contributed by atoms with Crippen LogP contribution in [0, 0.1) is 0 Å². The molecule has 72 valence electrons. The Morgan fingerprint density at radius 1 is 1.00 bits per heavy atom. The van der Waals surface area contributed by atoms with Gasteiger partial charge in [0.25, 0.3) is 0 Å². The Balaban J connectivity index is 0.00000121. The molecular formula is C7H18ClN3Ti. The van der Waals surface area contributed by atoms with E-state index in [0.717, 1.165) is 13.1 Å². The average molecular weight is 228 g/mol. The monoisotopic (exact) mass is 227 g/mol. The fourth-order valence-electron chi connectivity index (χ4n) is 1.19. The molecule has 12 heavy (non-hydrogen) atoms. The van der Waals surface area contributed by atoms with Gasteiger partial charge in [-0.3, -0.25) is 0 Å². The van der Waals surface area contributed by atoms with Gasteiger partial charge in [0, 0.05) is 0 Å². The first-order valence-electron chi connectivity index (χ1n) is 4.27. The Labute approximate surface area is 90.3 Å². The van der Waals surface area contributed by atoms with Gasteiger partial charge in [-0.05, 0) is 0 Å². The van der Waals surface area contributed by atoms with Crippen molar-refractivity contribution in [3.63, 3.8) is 0 Å². The molecule has 2 N–H and O–H groups in total. The Hall–Kier alpha value is 0.884. The molecule has 3 nitrogen and oxygen atoms in total. The summed E-state index contributed by atoms with van der Waals surface area (Å²) in [6, 6.07) is 0. The fraction of sp³-hybridized carbons (Fsp3) is 1.00. The molecule has 0 aliphatic carbocycles. The fourth-order valence-corrected chi connectivity index (χ4v) is 2.24. The maximum absolute atomic E-state index is 3.41. The van der Waals surface area contributed by atoms with E-state index in [2.05, 4.69) is 19.2 Å². The summed E-state index contributed by atoms with van der Waals surface area (Å²) in [6.45, 7) is 7.07. The molecular weight excluding hydrogens is 209 g/mol. The molecule has 1 saturated heterocycles. The molecule has 1 aliphatic heterocycles. The zero-order chi connectivity index (χ0) is 7.94. The number of nitrogens with zero attached hydrogens (tertiary/aromatic N) is 1. The number of nitrogens with one attached hydrogen (secondary N) is 2. The van der Waals surface area contributed by atoms with Crippen LogP contribution in [0.5, 0.6) is 0 Å². The molecule has 0 aromatic heterocycles. The van der Waals surface area contributed by atoms with Crippen molar-refractivity contribution in [3.8, 4) is 0 Å². The van der Waals surface area contributed by atoms with Gasteiger partial charge in [0.2, 0.25) is 0 Å². The van der Waals surface area contributed by atoms with Gasteiger partial charge in [-0.1, -0.05) is 0 Å². The minimum atomic E-state index is 0. The van der Waals surface area contributed by atoms with Crippen molar-refractivity contribution in [2.24, 2.45) is 0 Å². The molecule has 1 aliphatic rings. The molecule has 1 heterocycles. The third-order valence-electron chi connectivity index (χ3n) is 1.91. The van der Waals surface area contributed by atoms with Gasteiger partial charge < -0.3 is 0 Å². The van der Waals surface area contributed by atoms with Crippen LogP contribution in [0.15, 0.2) is 0 Å². The average Bonchev–Trinajstić information content (AvgIpc) is 2.16. The summed E-state index contributed by atoms with van der Waals surface area (Å²) < 4.78 is 2.59. The van der Waals surface area contributed by atoms with E-state index in [9.17, 15) is 0 Å². The zero-order valence-corrected chi connectivity index (χ0v) is 9.98. The van der Waals surface area contributed by atoms with Crippen molar-refractivity contribution in [1.82, 2.24) is 14.0 Å². The van der Waals surface area contributed by atoms with E-state index < -0.39 is 0 Å². The summed E-state index contributed by atoms with van der Waals surface area (Å²) in [5.41, 5.74) is 0. The maximum atomic E-state index is 3.41. The van der Waals surface area contributed by atoms with Crippen LogP contribution in [0.2, 0.25) is 5.23 Å². The quantitative estimate of drug-likeness (QED) is 0.615. The SMILES string of the molecule is Cl.[CH3][Ti][N]1CCNCCNCC1. The van der Waals surface area contributed by atoms with Gasteiger partial charge in [0.05, 0.1) is 0 Å². The number of rotatable bonds is 1. The predicted octanol–water partition coefficient (Wildman–Crippen LogP) is -0.0514. The van der Waals surface area contributed by atoms with Crippen molar-refractivity contribution >= 4 is 12.4 Å². The number of halogens is 1. The normalized spacial score (nSPS) is 21.4. The summed E-state index contributed by atoms with van der Waals surface area (Å²) in [4.78, 5) is 0. The van der Waals surface area contributed by atoms with Crippen molar-refractivity contribution in [2.45, 2.75) is 5.23 Å². The van der Waals surface area contributed by atoms with Crippen LogP contribution in [0.4, 0.5) is 0 Å². The predicted molar refractivity (Wildman–Crippen MR) is 50.4 cm³/mol. The van der Waals surface area contributed by atoms with E-state index in [1.54, 1.807) is 0 Å². The Morgan fingerprint density at radius 2 is 1.50 bits per heavy atom. The van der Waals surface area contributed by atoms with Crippen LogP contribution in [0.25, 0.3) is 0 Å². The van der Waals surface area contributed by atoms with Crippen LogP contribution in [-0.2, 0) is 19.4 Å². The Kier molecular flexibility index (Phi) is 9.11. The molecule has 0 spiro atoms. The molecule has 0 atom stereocenters. The van der Waals surface area contributed by atoms with E-state index in [1.165, 1.54) is 26.2 Å². The topological polar surface area (TPSA) is 27.3 Å². The second kappa shape index (κ2) is 8.48. The molecule has 0 aromatic rings. The van der Waals surface area contributed by atoms with Gasteiger partial charge in [-0.25, -0.2) is 0 Å². The van der Waals surface area contributed by atoms with Crippen LogP contribution in [0.3, 0.4) is 0 Å². The van der Waals surface area contributed by atoms with E-state index in [-0.39, 0.29) is 31.8 Å². The number of hydrogen-bond donors (Lipinski definition) is 2. The summed E-state index contributed by atoms with van der Waals surface area (Å²) in [5.74, 6) is 0. The van der Waals surface area contributed by atoms with Crippen molar-refractivity contribution in [3.05, 3.63) is 0 Å². The van der Waals surface area contributed by atoms with E-state index in [0.29, 0.717) is 0 Å². The van der Waals surface area contributed by atoms with Gasteiger partial charge >= 0.3 is 77.9 Å². The van der Waals surface area contributed by atoms with Gasteiger partial charge in [-0.15, -0.1) is 12.4 Å². The summed E-state index contributed by atoms with van der Waals surface area (Å²) >= 11 is 0.179. The van der Waals surface area contributed by atoms with Crippen LogP contribution in [0.1, 0.15) is 0 Å². The third-order valence-corrected chi connectivity index (χ3v) is 3.60. The first-order chi connectivity index (χ1) is 5.43. The third kappa shape index (κ3) is 5.52. The molecule has 0 unspecified atom stereocenters. The van der Waals surface area contributed by atoms with Gasteiger partial charge in [-0.2, -0.15) is 0 Å². The second-order valence-corrected chi connectivity index (χ2v) is 4.40. The van der Waals surface area contributed by atoms with Gasteiger partial charge in [0.1, 0.15) is 0 Å². The van der Waals surface area contributed by atoms with E-state index >= 15 is 0 Å². The molecule has 0 aromatic carbocycles. The van der Waals surface area contributed by atoms with Crippen molar-refractivity contribution in [2.75, 3.05) is 39.3 Å². The molecule has 1 rings (SSSR count). The van der Waals surface area contributed by atoms with E-state index in [4.69, 9.17) is 0 Å². The van der Waals surface area contributed by atoms with Crippen molar-refractivity contribution in [1.29, 1.82) is 0 Å². The first-order valence-corrected chi connectivity index (χ1v) is 6.53. The molecule has 0 amide bonds.